The highest BCUT2D eigenvalue weighted by atomic mass is 28.4. The first-order chi connectivity index (χ1) is 29.4. The van der Waals surface area contributed by atoms with E-state index in [0.29, 0.717) is 45.7 Å². The van der Waals surface area contributed by atoms with Crippen LogP contribution in [0.3, 0.4) is 0 Å². The second kappa shape index (κ2) is 23.3. The predicted octanol–water partition coefficient (Wildman–Crippen LogP) is 12.3. The molecule has 1 fully saturated rings. The van der Waals surface area contributed by atoms with E-state index in [4.69, 9.17) is 28.1 Å². The monoisotopic (exact) mass is 847 g/mol. The lowest BCUT2D eigenvalue weighted by molar-refractivity contribution is -0.244. The topological polar surface area (TPSA) is 102 Å². The van der Waals surface area contributed by atoms with Crippen molar-refractivity contribution < 1.29 is 37.7 Å². The SMILES string of the molecule is CCOC(=O)CC/C=C\C[C@@H]1CO[C@H](c2cccc(COc3ccc(/C(=C\CCCCC(=O)OCC)c4cccnc4)cc3)c2)O[C@@H]1c1ccccc1O[Si](C)(C)C(C)(C)C. The summed E-state index contributed by atoms with van der Waals surface area (Å²) in [5.41, 5.74) is 6.13. The van der Waals surface area contributed by atoms with Crippen molar-refractivity contribution in [3.8, 4) is 11.5 Å². The van der Waals surface area contributed by atoms with E-state index in [1.807, 2.05) is 68.6 Å². The molecule has 0 amide bonds. The number of carbonyl (C=O) groups excluding carboxylic acids is 2. The molecule has 3 atom stereocenters. The van der Waals surface area contributed by atoms with Crippen LogP contribution in [0.15, 0.2) is 116 Å². The Morgan fingerprint density at radius 3 is 2.31 bits per heavy atom. The summed E-state index contributed by atoms with van der Waals surface area (Å²) >= 11 is 0. The maximum Gasteiger partial charge on any atom is 0.306 e. The van der Waals surface area contributed by atoms with Gasteiger partial charge in [0, 0.05) is 47.8 Å². The van der Waals surface area contributed by atoms with E-state index in [-0.39, 0.29) is 29.0 Å². The van der Waals surface area contributed by atoms with Gasteiger partial charge in [-0.05, 0) is 111 Å². The van der Waals surface area contributed by atoms with E-state index in [9.17, 15) is 9.59 Å². The number of para-hydroxylation sites is 1. The molecule has 9 nitrogen and oxygen atoms in total. The first-order valence-corrected chi connectivity index (χ1v) is 24.7. The molecule has 1 aliphatic rings. The molecule has 61 heavy (non-hydrogen) atoms. The van der Waals surface area contributed by atoms with Crippen LogP contribution in [0.25, 0.3) is 5.57 Å². The number of carbonyl (C=O) groups is 2. The Balaban J connectivity index is 1.28. The minimum atomic E-state index is -2.16. The Labute approximate surface area is 364 Å². The average Bonchev–Trinajstić information content (AvgIpc) is 3.25. The number of esters is 2. The third kappa shape index (κ3) is 14.3. The largest absolute Gasteiger partial charge is 0.543 e. The van der Waals surface area contributed by atoms with Gasteiger partial charge in [0.05, 0.1) is 25.9 Å². The lowest BCUT2D eigenvalue weighted by Gasteiger charge is -2.40. The average molecular weight is 848 g/mol. The Morgan fingerprint density at radius 1 is 0.836 bits per heavy atom. The zero-order chi connectivity index (χ0) is 43.7. The lowest BCUT2D eigenvalue weighted by atomic mass is 9.91. The molecule has 2 heterocycles. The van der Waals surface area contributed by atoms with Crippen molar-refractivity contribution in [2.45, 2.75) is 117 Å². The molecule has 10 heteroatoms. The number of pyridine rings is 1. The highest BCUT2D eigenvalue weighted by Gasteiger charge is 2.41. The molecule has 0 unspecified atom stereocenters. The molecule has 326 valence electrons. The van der Waals surface area contributed by atoms with Crippen molar-refractivity contribution in [3.05, 3.63) is 143 Å². The van der Waals surface area contributed by atoms with Crippen LogP contribution in [0.1, 0.15) is 120 Å². The van der Waals surface area contributed by atoms with Crippen molar-refractivity contribution in [2.75, 3.05) is 19.8 Å². The van der Waals surface area contributed by atoms with Crippen LogP contribution in [0, 0.1) is 5.92 Å². The number of aromatic nitrogens is 1. The van der Waals surface area contributed by atoms with Crippen LogP contribution < -0.4 is 9.16 Å². The number of rotatable bonds is 21. The van der Waals surface area contributed by atoms with Crippen molar-refractivity contribution in [1.82, 2.24) is 4.98 Å². The molecule has 0 bridgehead atoms. The van der Waals surface area contributed by atoms with Gasteiger partial charge in [-0.25, -0.2) is 0 Å². The molecule has 1 aromatic heterocycles. The summed E-state index contributed by atoms with van der Waals surface area (Å²) in [6, 6.07) is 28.6. The molecule has 1 saturated heterocycles. The van der Waals surface area contributed by atoms with Crippen molar-refractivity contribution in [3.63, 3.8) is 0 Å². The Bertz CT molecular complexity index is 2040. The zero-order valence-electron chi connectivity index (χ0n) is 37.2. The molecule has 0 saturated carbocycles. The van der Waals surface area contributed by atoms with Crippen LogP contribution >= 0.6 is 0 Å². The molecule has 4 aromatic rings. The first kappa shape index (κ1) is 47.0. The molecule has 3 aromatic carbocycles. The molecule has 0 aliphatic carbocycles. The maximum absolute atomic E-state index is 11.9. The standard InChI is InChI=1S/C51H65NO8Si/c1-8-55-47(53)27-14-10-12-21-42-37-58-50(59-49(42)45-25-16-17-26-46(45)60-61(6,7)51(3,4)5)40-22-18-20-38(34-40)36-57-43-31-29-39(30-32-43)44(41-23-19-33-52-35-41)24-13-11-15-28-48(54)56-9-2/h10,12,16-20,22-26,29-35,42,49-50H,8-9,11,13-15,21,27-28,36-37H2,1-7H3/b12-10-,44-24+/t42-,49+,50+/m1/s1. The van der Waals surface area contributed by atoms with Gasteiger partial charge < -0.3 is 28.1 Å². The van der Waals surface area contributed by atoms with Gasteiger partial charge in [-0.15, -0.1) is 0 Å². The fourth-order valence-electron chi connectivity index (χ4n) is 6.88. The van der Waals surface area contributed by atoms with Gasteiger partial charge in [0.15, 0.2) is 6.29 Å². The number of ether oxygens (including phenoxy) is 5. The van der Waals surface area contributed by atoms with E-state index in [0.717, 1.165) is 70.6 Å². The molecule has 1 aliphatic heterocycles. The van der Waals surface area contributed by atoms with E-state index in [2.05, 4.69) is 93.5 Å². The molecule has 0 N–H and O–H groups in total. The number of hydrogen-bond acceptors (Lipinski definition) is 9. The fourth-order valence-corrected chi connectivity index (χ4v) is 7.92. The van der Waals surface area contributed by atoms with Gasteiger partial charge in [-0.2, -0.15) is 0 Å². The molecule has 5 rings (SSSR count). The fraction of sp³-hybridized carbons (Fsp3) is 0.431. The lowest BCUT2D eigenvalue weighted by Crippen LogP contribution is -2.44. The van der Waals surface area contributed by atoms with Crippen molar-refractivity contribution >= 4 is 25.8 Å². The van der Waals surface area contributed by atoms with Crippen molar-refractivity contribution in [1.29, 1.82) is 0 Å². The summed E-state index contributed by atoms with van der Waals surface area (Å²) in [6.07, 6.45) is 13.8. The van der Waals surface area contributed by atoms with Crippen LogP contribution in [0.4, 0.5) is 0 Å². The Kier molecular flexibility index (Phi) is 17.9. The number of benzene rings is 3. The van der Waals surface area contributed by atoms with Gasteiger partial charge in [0.1, 0.15) is 18.1 Å². The van der Waals surface area contributed by atoms with Crippen molar-refractivity contribution in [2.24, 2.45) is 5.92 Å². The summed E-state index contributed by atoms with van der Waals surface area (Å²) < 4.78 is 36.8. The van der Waals surface area contributed by atoms with Gasteiger partial charge in [-0.1, -0.05) is 93.6 Å². The Morgan fingerprint density at radius 2 is 1.59 bits per heavy atom. The van der Waals surface area contributed by atoms with Gasteiger partial charge in [-0.3, -0.25) is 14.6 Å². The van der Waals surface area contributed by atoms with Crippen LogP contribution in [0.5, 0.6) is 11.5 Å². The Hall–Kier alpha value is -5.03. The molecule has 0 radical (unpaired) electrons. The first-order valence-electron chi connectivity index (χ1n) is 21.8. The second-order valence-corrected chi connectivity index (χ2v) is 21.6. The summed E-state index contributed by atoms with van der Waals surface area (Å²) in [4.78, 5) is 28.0. The third-order valence-corrected chi connectivity index (χ3v) is 15.6. The smallest absolute Gasteiger partial charge is 0.306 e. The highest BCUT2D eigenvalue weighted by Crippen LogP contribution is 2.45. The third-order valence-electron chi connectivity index (χ3n) is 11.2. The van der Waals surface area contributed by atoms with E-state index < -0.39 is 14.6 Å². The summed E-state index contributed by atoms with van der Waals surface area (Å²) in [7, 11) is -2.16. The maximum atomic E-state index is 11.9. The van der Waals surface area contributed by atoms with E-state index >= 15 is 0 Å². The zero-order valence-corrected chi connectivity index (χ0v) is 38.2. The summed E-state index contributed by atoms with van der Waals surface area (Å²) in [6.45, 7) is 16.6. The van der Waals surface area contributed by atoms with Crippen LogP contribution in [0.2, 0.25) is 18.1 Å². The van der Waals surface area contributed by atoms with E-state index in [1.54, 1.807) is 6.20 Å². The quantitative estimate of drug-likeness (QED) is 0.0351. The van der Waals surface area contributed by atoms with Gasteiger partial charge in [0.25, 0.3) is 0 Å². The van der Waals surface area contributed by atoms with E-state index in [1.165, 1.54) is 0 Å². The number of nitrogens with zero attached hydrogens (tertiary/aromatic N) is 1. The minimum absolute atomic E-state index is 0.0265. The van der Waals surface area contributed by atoms with Gasteiger partial charge >= 0.3 is 11.9 Å². The normalized spacial score (nSPS) is 17.2. The summed E-state index contributed by atoms with van der Waals surface area (Å²) in [5, 5.41) is 0.0266. The second-order valence-electron chi connectivity index (χ2n) is 16.9. The predicted molar refractivity (Wildman–Crippen MR) is 244 cm³/mol. The summed E-state index contributed by atoms with van der Waals surface area (Å²) in [5.74, 6) is 1.32. The number of unbranched alkanes of at least 4 members (excludes halogenated alkanes) is 2. The molecular weight excluding hydrogens is 783 g/mol. The highest BCUT2D eigenvalue weighted by molar-refractivity contribution is 6.74. The van der Waals surface area contributed by atoms with Crippen LogP contribution in [-0.4, -0.2) is 45.1 Å². The molecular formula is C51H65NO8Si. The molecule has 0 spiro atoms. The number of allylic oxidation sites excluding steroid dienone is 3. The van der Waals surface area contributed by atoms with Gasteiger partial charge in [0.2, 0.25) is 8.32 Å². The number of hydrogen-bond donors (Lipinski definition) is 0. The van der Waals surface area contributed by atoms with Crippen LogP contribution in [-0.2, 0) is 35.1 Å². The minimum Gasteiger partial charge on any atom is -0.543 e.